The van der Waals surface area contributed by atoms with Gasteiger partial charge in [0.1, 0.15) is 6.54 Å². The van der Waals surface area contributed by atoms with E-state index in [-0.39, 0.29) is 24.5 Å². The number of piperidine rings is 1. The van der Waals surface area contributed by atoms with E-state index < -0.39 is 0 Å². The first-order chi connectivity index (χ1) is 10.6. The molecule has 0 saturated carbocycles. The molecule has 1 aliphatic rings. The van der Waals surface area contributed by atoms with Gasteiger partial charge in [0.05, 0.1) is 0 Å². The van der Waals surface area contributed by atoms with Crippen LogP contribution in [0.1, 0.15) is 25.3 Å². The summed E-state index contributed by atoms with van der Waals surface area (Å²) in [5, 5.41) is 10.6. The van der Waals surface area contributed by atoms with Gasteiger partial charge in [-0.1, -0.05) is 18.2 Å². The SMILES string of the molecule is Cc1cn(CC(=O)N2CC(CO)CCC2C)c2ccccc12. The lowest BCUT2D eigenvalue weighted by molar-refractivity contribution is -0.136. The molecule has 118 valence electrons. The summed E-state index contributed by atoms with van der Waals surface area (Å²) >= 11 is 0. The molecule has 1 aromatic heterocycles. The van der Waals surface area contributed by atoms with E-state index in [0.717, 1.165) is 18.4 Å². The van der Waals surface area contributed by atoms with Gasteiger partial charge in [-0.2, -0.15) is 0 Å². The molecule has 1 N–H and O–H groups in total. The molecule has 1 aliphatic heterocycles. The topological polar surface area (TPSA) is 45.5 Å². The second-order valence-electron chi connectivity index (χ2n) is 6.48. The number of aliphatic hydroxyl groups excluding tert-OH is 1. The Labute approximate surface area is 131 Å². The zero-order valence-electron chi connectivity index (χ0n) is 13.3. The van der Waals surface area contributed by atoms with Crippen LogP contribution in [0.3, 0.4) is 0 Å². The molecule has 0 radical (unpaired) electrons. The lowest BCUT2D eigenvalue weighted by Crippen LogP contribution is -2.47. The molecule has 1 amide bonds. The van der Waals surface area contributed by atoms with E-state index in [4.69, 9.17) is 0 Å². The number of nitrogens with zero attached hydrogens (tertiary/aromatic N) is 2. The minimum Gasteiger partial charge on any atom is -0.396 e. The molecular formula is C18H24N2O2. The standard InChI is InChI=1S/C18H24N2O2/c1-13-9-19(17-6-4-3-5-16(13)17)11-18(22)20-10-15(12-21)8-7-14(20)2/h3-6,9,14-15,21H,7-8,10-12H2,1-2H3. The van der Waals surface area contributed by atoms with Crippen LogP contribution < -0.4 is 0 Å². The zero-order chi connectivity index (χ0) is 15.7. The Morgan fingerprint density at radius 2 is 2.09 bits per heavy atom. The number of hydrogen-bond acceptors (Lipinski definition) is 2. The van der Waals surface area contributed by atoms with Crippen molar-refractivity contribution < 1.29 is 9.90 Å². The van der Waals surface area contributed by atoms with E-state index in [1.807, 2.05) is 21.6 Å². The number of aliphatic hydroxyl groups is 1. The van der Waals surface area contributed by atoms with Crippen LogP contribution in [-0.4, -0.2) is 39.7 Å². The number of benzene rings is 1. The molecule has 2 unspecified atom stereocenters. The van der Waals surface area contributed by atoms with Crippen LogP contribution >= 0.6 is 0 Å². The number of aryl methyl sites for hydroxylation is 1. The van der Waals surface area contributed by atoms with Crippen molar-refractivity contribution in [3.63, 3.8) is 0 Å². The first-order valence-electron chi connectivity index (χ1n) is 8.05. The fourth-order valence-corrected chi connectivity index (χ4v) is 3.48. The molecule has 22 heavy (non-hydrogen) atoms. The minimum atomic E-state index is 0.145. The Kier molecular flexibility index (Phi) is 4.21. The summed E-state index contributed by atoms with van der Waals surface area (Å²) in [6, 6.07) is 8.45. The Morgan fingerprint density at radius 1 is 1.32 bits per heavy atom. The minimum absolute atomic E-state index is 0.145. The number of para-hydroxylation sites is 1. The third-order valence-corrected chi connectivity index (χ3v) is 4.85. The Hall–Kier alpha value is -1.81. The van der Waals surface area contributed by atoms with Crippen molar-refractivity contribution in [2.75, 3.05) is 13.2 Å². The van der Waals surface area contributed by atoms with Gasteiger partial charge in [0.15, 0.2) is 0 Å². The fraction of sp³-hybridized carbons (Fsp3) is 0.500. The van der Waals surface area contributed by atoms with Crippen LogP contribution in [0.5, 0.6) is 0 Å². The summed E-state index contributed by atoms with van der Waals surface area (Å²) in [4.78, 5) is 14.7. The largest absolute Gasteiger partial charge is 0.396 e. The molecule has 1 fully saturated rings. The normalized spacial score (nSPS) is 22.2. The number of hydrogen-bond donors (Lipinski definition) is 1. The summed E-state index contributed by atoms with van der Waals surface area (Å²) in [6.45, 7) is 5.40. The average Bonchev–Trinajstić information content (AvgIpc) is 2.84. The smallest absolute Gasteiger partial charge is 0.242 e. The molecule has 2 aromatic rings. The number of fused-ring (bicyclic) bond motifs is 1. The van der Waals surface area contributed by atoms with Crippen LogP contribution in [-0.2, 0) is 11.3 Å². The molecule has 0 aliphatic carbocycles. The molecule has 3 rings (SSSR count). The van der Waals surface area contributed by atoms with Crippen molar-refractivity contribution in [1.29, 1.82) is 0 Å². The Balaban J connectivity index is 1.80. The average molecular weight is 300 g/mol. The highest BCUT2D eigenvalue weighted by atomic mass is 16.3. The predicted molar refractivity (Wildman–Crippen MR) is 87.7 cm³/mol. The van der Waals surface area contributed by atoms with E-state index in [1.54, 1.807) is 0 Å². The highest BCUT2D eigenvalue weighted by Crippen LogP contribution is 2.24. The maximum absolute atomic E-state index is 12.7. The molecule has 0 bridgehead atoms. The maximum atomic E-state index is 12.7. The summed E-state index contributed by atoms with van der Waals surface area (Å²) in [5.74, 6) is 0.370. The summed E-state index contributed by atoms with van der Waals surface area (Å²) in [7, 11) is 0. The van der Waals surface area contributed by atoms with Gasteiger partial charge in [-0.15, -0.1) is 0 Å². The lowest BCUT2D eigenvalue weighted by Gasteiger charge is -2.37. The van der Waals surface area contributed by atoms with Crippen molar-refractivity contribution in [2.45, 2.75) is 39.3 Å². The zero-order valence-corrected chi connectivity index (χ0v) is 13.3. The van der Waals surface area contributed by atoms with E-state index in [2.05, 4.69) is 32.2 Å². The second kappa shape index (κ2) is 6.13. The summed E-state index contributed by atoms with van der Waals surface area (Å²) < 4.78 is 2.04. The summed E-state index contributed by atoms with van der Waals surface area (Å²) in [5.41, 5.74) is 2.31. The van der Waals surface area contributed by atoms with Crippen LogP contribution in [0.15, 0.2) is 30.5 Å². The van der Waals surface area contributed by atoms with Crippen LogP contribution in [0.2, 0.25) is 0 Å². The van der Waals surface area contributed by atoms with Gasteiger partial charge >= 0.3 is 0 Å². The van der Waals surface area contributed by atoms with E-state index in [1.165, 1.54) is 10.9 Å². The predicted octanol–water partition coefficient (Wildman–Crippen LogP) is 2.57. The van der Waals surface area contributed by atoms with Crippen LogP contribution in [0, 0.1) is 12.8 Å². The van der Waals surface area contributed by atoms with E-state index in [0.29, 0.717) is 13.1 Å². The van der Waals surface area contributed by atoms with Gasteiger partial charge < -0.3 is 14.6 Å². The third kappa shape index (κ3) is 2.75. The van der Waals surface area contributed by atoms with Gasteiger partial charge in [0.2, 0.25) is 5.91 Å². The molecule has 1 aromatic carbocycles. The number of likely N-dealkylation sites (tertiary alicyclic amines) is 1. The number of carbonyl (C=O) groups is 1. The molecule has 1 saturated heterocycles. The third-order valence-electron chi connectivity index (χ3n) is 4.85. The Morgan fingerprint density at radius 3 is 2.86 bits per heavy atom. The molecule has 4 nitrogen and oxygen atoms in total. The van der Waals surface area contributed by atoms with Crippen molar-refractivity contribution in [2.24, 2.45) is 5.92 Å². The van der Waals surface area contributed by atoms with Gasteiger partial charge in [-0.3, -0.25) is 4.79 Å². The number of amides is 1. The molecule has 2 heterocycles. The van der Waals surface area contributed by atoms with Crippen molar-refractivity contribution in [3.05, 3.63) is 36.0 Å². The van der Waals surface area contributed by atoms with Crippen molar-refractivity contribution in [3.8, 4) is 0 Å². The van der Waals surface area contributed by atoms with Crippen molar-refractivity contribution in [1.82, 2.24) is 9.47 Å². The molecule has 4 heteroatoms. The van der Waals surface area contributed by atoms with Crippen LogP contribution in [0.25, 0.3) is 10.9 Å². The molecule has 0 spiro atoms. The molecule has 2 atom stereocenters. The molecular weight excluding hydrogens is 276 g/mol. The first kappa shape index (κ1) is 15.1. The van der Waals surface area contributed by atoms with Gasteiger partial charge in [0, 0.05) is 36.3 Å². The fourth-order valence-electron chi connectivity index (χ4n) is 3.48. The van der Waals surface area contributed by atoms with Crippen molar-refractivity contribution >= 4 is 16.8 Å². The second-order valence-corrected chi connectivity index (χ2v) is 6.48. The quantitative estimate of drug-likeness (QED) is 0.947. The van der Waals surface area contributed by atoms with E-state index >= 15 is 0 Å². The first-order valence-corrected chi connectivity index (χ1v) is 8.05. The Bertz CT molecular complexity index is 677. The lowest BCUT2D eigenvalue weighted by atomic mass is 9.94. The summed E-state index contributed by atoms with van der Waals surface area (Å²) in [6.07, 6.45) is 4.04. The van der Waals surface area contributed by atoms with Gasteiger partial charge in [0.25, 0.3) is 0 Å². The van der Waals surface area contributed by atoms with Gasteiger partial charge in [-0.05, 0) is 44.2 Å². The number of aromatic nitrogens is 1. The number of carbonyl (C=O) groups excluding carboxylic acids is 1. The van der Waals surface area contributed by atoms with E-state index in [9.17, 15) is 9.90 Å². The number of rotatable bonds is 3. The monoisotopic (exact) mass is 300 g/mol. The highest BCUT2D eigenvalue weighted by molar-refractivity contribution is 5.86. The highest BCUT2D eigenvalue weighted by Gasteiger charge is 2.28. The maximum Gasteiger partial charge on any atom is 0.242 e. The van der Waals surface area contributed by atoms with Gasteiger partial charge in [-0.25, -0.2) is 0 Å². The van der Waals surface area contributed by atoms with Crippen LogP contribution in [0.4, 0.5) is 0 Å².